The van der Waals surface area contributed by atoms with Crippen LogP contribution in [0.5, 0.6) is 0 Å². The van der Waals surface area contributed by atoms with Gasteiger partial charge in [-0.2, -0.15) is 0 Å². The van der Waals surface area contributed by atoms with E-state index in [2.05, 4.69) is 57.9 Å². The van der Waals surface area contributed by atoms with Crippen LogP contribution in [-0.2, 0) is 13.1 Å². The predicted molar refractivity (Wildman–Crippen MR) is 81.1 cm³/mol. The van der Waals surface area contributed by atoms with Gasteiger partial charge in [0.15, 0.2) is 0 Å². The van der Waals surface area contributed by atoms with E-state index in [1.54, 1.807) is 6.26 Å². The van der Waals surface area contributed by atoms with Crippen molar-refractivity contribution in [3.05, 3.63) is 23.7 Å². The highest BCUT2D eigenvalue weighted by Crippen LogP contribution is 2.17. The first-order chi connectivity index (χ1) is 8.87. The summed E-state index contributed by atoms with van der Waals surface area (Å²) in [5, 5.41) is 3.48. The molecule has 0 saturated heterocycles. The number of hydrogen-bond donors (Lipinski definition) is 1. The first kappa shape index (κ1) is 16.3. The third-order valence-corrected chi connectivity index (χ3v) is 3.60. The van der Waals surface area contributed by atoms with E-state index in [1.165, 1.54) is 18.4 Å². The number of nitrogens with zero attached hydrogens (tertiary/aromatic N) is 1. The highest BCUT2D eigenvalue weighted by Gasteiger charge is 2.16. The molecule has 0 spiro atoms. The highest BCUT2D eigenvalue weighted by atomic mass is 16.3. The Labute approximate surface area is 118 Å². The normalized spacial score (nSPS) is 12.6. The monoisotopic (exact) mass is 266 g/mol. The van der Waals surface area contributed by atoms with Crippen molar-refractivity contribution in [3.63, 3.8) is 0 Å². The van der Waals surface area contributed by atoms with Gasteiger partial charge in [0.05, 0.1) is 12.8 Å². The molecule has 0 aliphatic rings. The van der Waals surface area contributed by atoms with Crippen LogP contribution in [0.4, 0.5) is 0 Å². The van der Waals surface area contributed by atoms with Crippen LogP contribution in [0.15, 0.2) is 16.7 Å². The van der Waals surface area contributed by atoms with E-state index < -0.39 is 0 Å². The molecule has 1 aromatic rings. The van der Waals surface area contributed by atoms with Gasteiger partial charge in [-0.3, -0.25) is 4.90 Å². The van der Waals surface area contributed by atoms with E-state index in [-0.39, 0.29) is 5.54 Å². The Morgan fingerprint density at radius 2 is 1.89 bits per heavy atom. The van der Waals surface area contributed by atoms with E-state index in [9.17, 15) is 0 Å². The summed E-state index contributed by atoms with van der Waals surface area (Å²) in [6, 6.07) is 2.75. The van der Waals surface area contributed by atoms with Crippen LogP contribution >= 0.6 is 0 Å². The lowest BCUT2D eigenvalue weighted by molar-refractivity contribution is 0.219. The SMILES string of the molecule is CCC(CC)N(C)Cc1ccoc1CNC(C)(C)C. The minimum atomic E-state index is 0.116. The summed E-state index contributed by atoms with van der Waals surface area (Å²) in [4.78, 5) is 2.42. The van der Waals surface area contributed by atoms with Gasteiger partial charge in [0.1, 0.15) is 5.76 Å². The highest BCUT2D eigenvalue weighted by molar-refractivity contribution is 5.17. The zero-order valence-electron chi connectivity index (χ0n) is 13.4. The van der Waals surface area contributed by atoms with Crippen molar-refractivity contribution < 1.29 is 4.42 Å². The fourth-order valence-corrected chi connectivity index (χ4v) is 2.32. The van der Waals surface area contributed by atoms with Crippen LogP contribution in [0.25, 0.3) is 0 Å². The van der Waals surface area contributed by atoms with E-state index >= 15 is 0 Å². The fourth-order valence-electron chi connectivity index (χ4n) is 2.32. The summed E-state index contributed by atoms with van der Waals surface area (Å²) in [6.07, 6.45) is 4.19. The van der Waals surface area contributed by atoms with Gasteiger partial charge in [-0.1, -0.05) is 13.8 Å². The van der Waals surface area contributed by atoms with Crippen molar-refractivity contribution in [1.29, 1.82) is 0 Å². The van der Waals surface area contributed by atoms with Gasteiger partial charge in [-0.25, -0.2) is 0 Å². The number of nitrogens with one attached hydrogen (secondary N) is 1. The van der Waals surface area contributed by atoms with Crippen molar-refractivity contribution in [1.82, 2.24) is 10.2 Å². The molecule has 19 heavy (non-hydrogen) atoms. The molecule has 1 rings (SSSR count). The molecule has 0 aliphatic heterocycles. The molecule has 110 valence electrons. The Morgan fingerprint density at radius 3 is 2.42 bits per heavy atom. The quantitative estimate of drug-likeness (QED) is 0.814. The second kappa shape index (κ2) is 7.11. The van der Waals surface area contributed by atoms with E-state index in [0.717, 1.165) is 18.8 Å². The third kappa shape index (κ3) is 5.37. The molecule has 0 bridgehead atoms. The van der Waals surface area contributed by atoms with E-state index in [1.807, 2.05) is 0 Å². The Bertz CT molecular complexity index is 361. The molecule has 0 atom stereocenters. The van der Waals surface area contributed by atoms with Crippen molar-refractivity contribution in [3.8, 4) is 0 Å². The second-order valence-electron chi connectivity index (χ2n) is 6.36. The molecule has 3 heteroatoms. The maximum absolute atomic E-state index is 5.62. The van der Waals surface area contributed by atoms with Crippen LogP contribution in [0, 0.1) is 0 Å². The average Bonchev–Trinajstić information content (AvgIpc) is 2.74. The molecule has 0 aromatic carbocycles. The maximum Gasteiger partial charge on any atom is 0.122 e. The van der Waals surface area contributed by atoms with Crippen LogP contribution < -0.4 is 5.32 Å². The molecule has 1 heterocycles. The lowest BCUT2D eigenvalue weighted by Gasteiger charge is -2.26. The summed E-state index contributed by atoms with van der Waals surface area (Å²) in [5.41, 5.74) is 1.41. The van der Waals surface area contributed by atoms with Crippen LogP contribution in [-0.4, -0.2) is 23.5 Å². The first-order valence-electron chi connectivity index (χ1n) is 7.37. The molecular formula is C16H30N2O. The average molecular weight is 266 g/mol. The smallest absolute Gasteiger partial charge is 0.122 e. The zero-order valence-corrected chi connectivity index (χ0v) is 13.4. The Morgan fingerprint density at radius 1 is 1.26 bits per heavy atom. The lowest BCUT2D eigenvalue weighted by Crippen LogP contribution is -2.35. The molecule has 0 unspecified atom stereocenters. The molecule has 0 saturated carbocycles. The lowest BCUT2D eigenvalue weighted by atomic mass is 10.1. The van der Waals surface area contributed by atoms with Gasteiger partial charge >= 0.3 is 0 Å². The standard InChI is InChI=1S/C16H30N2O/c1-7-14(8-2)18(6)12-13-9-10-19-15(13)11-17-16(3,4)5/h9-10,14,17H,7-8,11-12H2,1-6H3. The van der Waals surface area contributed by atoms with E-state index in [4.69, 9.17) is 4.42 Å². The molecule has 0 fully saturated rings. The topological polar surface area (TPSA) is 28.4 Å². The third-order valence-electron chi connectivity index (χ3n) is 3.60. The predicted octanol–water partition coefficient (Wildman–Crippen LogP) is 3.79. The summed E-state index contributed by atoms with van der Waals surface area (Å²) in [5.74, 6) is 1.06. The number of hydrogen-bond acceptors (Lipinski definition) is 3. The minimum Gasteiger partial charge on any atom is -0.468 e. The van der Waals surface area contributed by atoms with Crippen LogP contribution in [0.1, 0.15) is 58.8 Å². The molecule has 1 aromatic heterocycles. The van der Waals surface area contributed by atoms with Gasteiger partial charge in [0.25, 0.3) is 0 Å². The van der Waals surface area contributed by atoms with Gasteiger partial charge < -0.3 is 9.73 Å². The summed E-state index contributed by atoms with van der Waals surface area (Å²) in [7, 11) is 2.20. The minimum absolute atomic E-state index is 0.116. The largest absolute Gasteiger partial charge is 0.468 e. The molecule has 3 nitrogen and oxygen atoms in total. The summed E-state index contributed by atoms with van der Waals surface area (Å²) in [6.45, 7) is 12.8. The summed E-state index contributed by atoms with van der Waals surface area (Å²) >= 11 is 0. The van der Waals surface area contributed by atoms with Gasteiger partial charge in [-0.15, -0.1) is 0 Å². The van der Waals surface area contributed by atoms with Crippen molar-refractivity contribution >= 4 is 0 Å². The molecule has 0 radical (unpaired) electrons. The van der Waals surface area contributed by atoms with Crippen molar-refractivity contribution in [2.24, 2.45) is 0 Å². The Balaban J connectivity index is 2.62. The summed E-state index contributed by atoms with van der Waals surface area (Å²) < 4.78 is 5.62. The number of rotatable bonds is 7. The Hall–Kier alpha value is -0.800. The zero-order chi connectivity index (χ0) is 14.5. The fraction of sp³-hybridized carbons (Fsp3) is 0.750. The van der Waals surface area contributed by atoms with Gasteiger partial charge in [-0.05, 0) is 46.7 Å². The number of furan rings is 1. The molecule has 0 aliphatic carbocycles. The second-order valence-corrected chi connectivity index (χ2v) is 6.36. The maximum atomic E-state index is 5.62. The van der Waals surface area contributed by atoms with Gasteiger partial charge in [0.2, 0.25) is 0 Å². The van der Waals surface area contributed by atoms with Gasteiger partial charge in [0, 0.05) is 23.7 Å². The van der Waals surface area contributed by atoms with Crippen molar-refractivity contribution in [2.75, 3.05) is 7.05 Å². The van der Waals surface area contributed by atoms with E-state index in [0.29, 0.717) is 6.04 Å². The molecular weight excluding hydrogens is 236 g/mol. The van der Waals surface area contributed by atoms with Crippen molar-refractivity contribution in [2.45, 2.75) is 72.1 Å². The van der Waals surface area contributed by atoms with Crippen LogP contribution in [0.2, 0.25) is 0 Å². The molecule has 0 amide bonds. The Kier molecular flexibility index (Phi) is 6.08. The van der Waals surface area contributed by atoms with Crippen LogP contribution in [0.3, 0.4) is 0 Å². The molecule has 1 N–H and O–H groups in total. The first-order valence-corrected chi connectivity index (χ1v) is 7.37.